The first kappa shape index (κ1) is 12.8. The number of rotatable bonds is 4. The molecule has 0 saturated carbocycles. The Morgan fingerprint density at radius 2 is 2.11 bits per heavy atom. The van der Waals surface area contributed by atoms with Gasteiger partial charge in [-0.2, -0.15) is 0 Å². The van der Waals surface area contributed by atoms with E-state index in [2.05, 4.69) is 10.3 Å². The highest BCUT2D eigenvalue weighted by Crippen LogP contribution is 2.21. The predicted octanol–water partition coefficient (Wildman–Crippen LogP) is 2.74. The maximum absolute atomic E-state index is 14.1. The Kier molecular flexibility index (Phi) is 3.77. The summed E-state index contributed by atoms with van der Waals surface area (Å²) in [5.41, 5.74) is 3.43. The molecule has 0 saturated heterocycles. The van der Waals surface area contributed by atoms with Gasteiger partial charge in [-0.3, -0.25) is 0 Å². The van der Waals surface area contributed by atoms with Gasteiger partial charge in [-0.25, -0.2) is 9.37 Å². The highest BCUT2D eigenvalue weighted by molar-refractivity contribution is 5.44. The van der Waals surface area contributed by atoms with Crippen molar-refractivity contribution in [3.63, 3.8) is 0 Å². The van der Waals surface area contributed by atoms with Crippen LogP contribution in [0.2, 0.25) is 0 Å². The number of nitrogens with zero attached hydrogens (tertiary/aromatic N) is 2. The summed E-state index contributed by atoms with van der Waals surface area (Å²) in [7, 11) is 0. The van der Waals surface area contributed by atoms with E-state index in [9.17, 15) is 4.39 Å². The summed E-state index contributed by atoms with van der Waals surface area (Å²) >= 11 is 0. The van der Waals surface area contributed by atoms with E-state index in [-0.39, 0.29) is 5.82 Å². The molecule has 18 heavy (non-hydrogen) atoms. The van der Waals surface area contributed by atoms with Crippen LogP contribution in [0.15, 0.2) is 24.5 Å². The van der Waals surface area contributed by atoms with Crippen molar-refractivity contribution in [2.45, 2.75) is 27.3 Å². The number of halogens is 1. The molecule has 0 fully saturated rings. The molecule has 0 radical (unpaired) electrons. The van der Waals surface area contributed by atoms with Crippen molar-refractivity contribution in [2.75, 3.05) is 6.54 Å². The lowest BCUT2D eigenvalue weighted by Crippen LogP contribution is -2.15. The summed E-state index contributed by atoms with van der Waals surface area (Å²) in [5.74, 6) is -0.217. The maximum Gasteiger partial charge on any atom is 0.147 e. The second kappa shape index (κ2) is 5.31. The Labute approximate surface area is 107 Å². The van der Waals surface area contributed by atoms with Crippen LogP contribution in [0.25, 0.3) is 5.69 Å². The van der Waals surface area contributed by atoms with E-state index in [1.165, 1.54) is 6.07 Å². The second-order valence-electron chi connectivity index (χ2n) is 4.31. The van der Waals surface area contributed by atoms with Gasteiger partial charge in [0.05, 0.1) is 17.7 Å². The van der Waals surface area contributed by atoms with Gasteiger partial charge in [0, 0.05) is 12.2 Å². The van der Waals surface area contributed by atoms with Crippen LogP contribution in [0.5, 0.6) is 0 Å². The minimum Gasteiger partial charge on any atom is -0.313 e. The van der Waals surface area contributed by atoms with Gasteiger partial charge in [0.1, 0.15) is 5.82 Å². The highest BCUT2D eigenvalue weighted by Gasteiger charge is 2.13. The molecule has 0 unspecified atom stereocenters. The fraction of sp³-hybridized carbons (Fsp3) is 0.357. The van der Waals surface area contributed by atoms with Crippen LogP contribution in [0.1, 0.15) is 23.9 Å². The van der Waals surface area contributed by atoms with Crippen molar-refractivity contribution in [2.24, 2.45) is 0 Å². The molecule has 0 aliphatic rings. The Balaban J connectivity index is 2.51. The van der Waals surface area contributed by atoms with Crippen LogP contribution < -0.4 is 5.32 Å². The number of para-hydroxylation sites is 1. The van der Waals surface area contributed by atoms with Crippen LogP contribution in [0.3, 0.4) is 0 Å². The van der Waals surface area contributed by atoms with Gasteiger partial charge in [0.2, 0.25) is 0 Å². The largest absolute Gasteiger partial charge is 0.313 e. The summed E-state index contributed by atoms with van der Waals surface area (Å²) in [6, 6.07) is 5.17. The van der Waals surface area contributed by atoms with Crippen molar-refractivity contribution in [3.8, 4) is 5.69 Å². The molecule has 1 heterocycles. The van der Waals surface area contributed by atoms with E-state index in [1.54, 1.807) is 12.4 Å². The first-order valence-corrected chi connectivity index (χ1v) is 6.14. The van der Waals surface area contributed by atoms with Crippen LogP contribution in [-0.2, 0) is 6.54 Å². The third-order valence-electron chi connectivity index (χ3n) is 3.13. The van der Waals surface area contributed by atoms with Gasteiger partial charge in [0.25, 0.3) is 0 Å². The van der Waals surface area contributed by atoms with Crippen molar-refractivity contribution in [1.29, 1.82) is 0 Å². The first-order valence-electron chi connectivity index (χ1n) is 6.14. The topological polar surface area (TPSA) is 29.9 Å². The molecular formula is C14H18FN3. The summed E-state index contributed by atoms with van der Waals surface area (Å²) in [6.07, 6.45) is 1.68. The van der Waals surface area contributed by atoms with E-state index >= 15 is 0 Å². The number of hydrogen-bond acceptors (Lipinski definition) is 2. The molecule has 0 aliphatic heterocycles. The lowest BCUT2D eigenvalue weighted by Gasteiger charge is -2.13. The number of aromatic nitrogens is 2. The molecule has 4 heteroatoms. The summed E-state index contributed by atoms with van der Waals surface area (Å²) in [6.45, 7) is 7.42. The molecule has 96 valence electrons. The predicted molar refractivity (Wildman–Crippen MR) is 70.4 cm³/mol. The number of hydrogen-bond donors (Lipinski definition) is 1. The van der Waals surface area contributed by atoms with Gasteiger partial charge < -0.3 is 9.88 Å². The SMILES string of the molecule is CCNCc1cccc(F)c1-n1cnc(C)c1C. The number of aryl methyl sites for hydroxylation is 1. The molecule has 1 aromatic heterocycles. The highest BCUT2D eigenvalue weighted by atomic mass is 19.1. The lowest BCUT2D eigenvalue weighted by atomic mass is 10.1. The zero-order valence-electron chi connectivity index (χ0n) is 11.0. The van der Waals surface area contributed by atoms with E-state index in [4.69, 9.17) is 0 Å². The molecular weight excluding hydrogens is 229 g/mol. The molecule has 0 amide bonds. The minimum atomic E-state index is -0.217. The normalized spacial score (nSPS) is 10.9. The number of benzene rings is 1. The summed E-state index contributed by atoms with van der Waals surface area (Å²) in [4.78, 5) is 4.23. The average molecular weight is 247 g/mol. The molecule has 1 aromatic carbocycles. The third-order valence-corrected chi connectivity index (χ3v) is 3.13. The molecule has 3 nitrogen and oxygen atoms in total. The number of nitrogens with one attached hydrogen (secondary N) is 1. The molecule has 0 atom stereocenters. The molecule has 0 aliphatic carbocycles. The molecule has 0 bridgehead atoms. The quantitative estimate of drug-likeness (QED) is 0.900. The summed E-state index contributed by atoms with van der Waals surface area (Å²) < 4.78 is 15.9. The standard InChI is InChI=1S/C14H18FN3/c1-4-16-8-12-6-5-7-13(15)14(12)18-9-17-10(2)11(18)3/h5-7,9,16H,4,8H2,1-3H3. The molecule has 0 spiro atoms. The van der Waals surface area contributed by atoms with Crippen molar-refractivity contribution in [1.82, 2.24) is 14.9 Å². The molecule has 1 N–H and O–H groups in total. The van der Waals surface area contributed by atoms with Crippen LogP contribution in [-0.4, -0.2) is 16.1 Å². The van der Waals surface area contributed by atoms with Crippen molar-refractivity contribution < 1.29 is 4.39 Å². The zero-order valence-corrected chi connectivity index (χ0v) is 11.0. The van der Waals surface area contributed by atoms with E-state index in [1.807, 2.05) is 31.4 Å². The monoisotopic (exact) mass is 247 g/mol. The Bertz CT molecular complexity index is 546. The molecule has 2 aromatic rings. The Hall–Kier alpha value is -1.68. The average Bonchev–Trinajstić information content (AvgIpc) is 2.68. The first-order chi connectivity index (χ1) is 8.65. The van der Waals surface area contributed by atoms with Gasteiger partial charge in [-0.15, -0.1) is 0 Å². The molecule has 2 rings (SSSR count). The van der Waals surface area contributed by atoms with Crippen molar-refractivity contribution in [3.05, 3.63) is 47.3 Å². The van der Waals surface area contributed by atoms with Crippen molar-refractivity contribution >= 4 is 0 Å². The van der Waals surface area contributed by atoms with Gasteiger partial charge in [-0.05, 0) is 32.0 Å². The van der Waals surface area contributed by atoms with Crippen LogP contribution in [0, 0.1) is 19.7 Å². The number of imidazole rings is 1. The van der Waals surface area contributed by atoms with Gasteiger partial charge in [0.15, 0.2) is 0 Å². The fourth-order valence-corrected chi connectivity index (χ4v) is 1.96. The van der Waals surface area contributed by atoms with E-state index < -0.39 is 0 Å². The second-order valence-corrected chi connectivity index (χ2v) is 4.31. The Morgan fingerprint density at radius 3 is 2.72 bits per heavy atom. The third kappa shape index (κ3) is 2.29. The maximum atomic E-state index is 14.1. The van der Waals surface area contributed by atoms with E-state index in [0.717, 1.165) is 23.5 Å². The van der Waals surface area contributed by atoms with Gasteiger partial charge >= 0.3 is 0 Å². The van der Waals surface area contributed by atoms with Gasteiger partial charge in [-0.1, -0.05) is 19.1 Å². The van der Waals surface area contributed by atoms with Crippen LogP contribution >= 0.6 is 0 Å². The van der Waals surface area contributed by atoms with E-state index in [0.29, 0.717) is 12.2 Å². The minimum absolute atomic E-state index is 0.217. The summed E-state index contributed by atoms with van der Waals surface area (Å²) in [5, 5.41) is 3.23. The lowest BCUT2D eigenvalue weighted by molar-refractivity contribution is 0.609. The zero-order chi connectivity index (χ0) is 13.1. The Morgan fingerprint density at radius 1 is 1.33 bits per heavy atom. The fourth-order valence-electron chi connectivity index (χ4n) is 1.96. The van der Waals surface area contributed by atoms with Crippen LogP contribution in [0.4, 0.5) is 4.39 Å². The smallest absolute Gasteiger partial charge is 0.147 e.